The number of furan rings is 1. The van der Waals surface area contributed by atoms with Gasteiger partial charge in [0.2, 0.25) is 0 Å². The summed E-state index contributed by atoms with van der Waals surface area (Å²) in [4.78, 5) is 36.4. The maximum absolute atomic E-state index is 12.9. The van der Waals surface area contributed by atoms with Crippen LogP contribution >= 0.6 is 11.6 Å². The monoisotopic (exact) mass is 437 g/mol. The van der Waals surface area contributed by atoms with Crippen molar-refractivity contribution in [1.29, 1.82) is 0 Å². The van der Waals surface area contributed by atoms with Gasteiger partial charge in [0.15, 0.2) is 0 Å². The highest BCUT2D eigenvalue weighted by Crippen LogP contribution is 2.65. The maximum Gasteiger partial charge on any atom is 0.288 e. The van der Waals surface area contributed by atoms with Crippen LogP contribution in [-0.4, -0.2) is 28.0 Å². The summed E-state index contributed by atoms with van der Waals surface area (Å²) in [5.74, 6) is 0.992. The number of halogens is 1. The fourth-order valence-corrected chi connectivity index (χ4v) is 5.74. The van der Waals surface area contributed by atoms with Crippen LogP contribution in [0.5, 0.6) is 0 Å². The number of nitro groups is 1. The van der Waals surface area contributed by atoms with Crippen LogP contribution in [0.15, 0.2) is 52.0 Å². The van der Waals surface area contributed by atoms with Crippen LogP contribution in [0.25, 0.3) is 11.3 Å². The molecule has 0 spiro atoms. The Kier molecular flexibility index (Phi) is 3.80. The van der Waals surface area contributed by atoms with Gasteiger partial charge in [-0.05, 0) is 54.4 Å². The van der Waals surface area contributed by atoms with Crippen LogP contribution in [0.1, 0.15) is 12.2 Å². The van der Waals surface area contributed by atoms with E-state index >= 15 is 0 Å². The number of hydrogen-bond donors (Lipinski definition) is 0. The van der Waals surface area contributed by atoms with Crippen LogP contribution in [-0.2, 0) is 9.59 Å². The number of carbonyl (C=O) groups is 2. The Balaban J connectivity index is 1.24. The molecule has 2 bridgehead atoms. The first-order valence-corrected chi connectivity index (χ1v) is 10.5. The first-order chi connectivity index (χ1) is 14.9. The Morgan fingerprint density at radius 1 is 1.10 bits per heavy atom. The number of hydrazone groups is 1. The molecule has 31 heavy (non-hydrogen) atoms. The zero-order valence-electron chi connectivity index (χ0n) is 16.1. The predicted molar refractivity (Wildman–Crippen MR) is 110 cm³/mol. The van der Waals surface area contributed by atoms with E-state index in [1.54, 1.807) is 18.2 Å². The molecule has 1 saturated heterocycles. The number of nitrogens with zero attached hydrogens (tertiary/aromatic N) is 3. The second-order valence-corrected chi connectivity index (χ2v) is 8.92. The van der Waals surface area contributed by atoms with Gasteiger partial charge >= 0.3 is 0 Å². The molecule has 3 fully saturated rings. The third-order valence-electron chi connectivity index (χ3n) is 6.99. The van der Waals surface area contributed by atoms with Crippen LogP contribution < -0.4 is 0 Å². The van der Waals surface area contributed by atoms with Gasteiger partial charge in [-0.1, -0.05) is 23.8 Å². The van der Waals surface area contributed by atoms with Gasteiger partial charge in [0.25, 0.3) is 17.5 Å². The van der Waals surface area contributed by atoms with Crippen LogP contribution in [0.2, 0.25) is 5.02 Å². The molecule has 2 amide bonds. The summed E-state index contributed by atoms with van der Waals surface area (Å²) in [5.41, 5.74) is 0.264. The average molecular weight is 438 g/mol. The number of benzene rings is 1. The quantitative estimate of drug-likeness (QED) is 0.237. The van der Waals surface area contributed by atoms with Gasteiger partial charge in [-0.3, -0.25) is 19.7 Å². The van der Waals surface area contributed by atoms with Crippen molar-refractivity contribution in [3.8, 4) is 11.3 Å². The molecule has 9 heteroatoms. The number of carbonyl (C=O) groups excluding carboxylic acids is 2. The minimum atomic E-state index is -0.562. The lowest BCUT2D eigenvalue weighted by Crippen LogP contribution is -2.40. The molecule has 5 aliphatic rings. The number of nitro benzene ring substituents is 1. The van der Waals surface area contributed by atoms with Gasteiger partial charge in [-0.15, -0.1) is 0 Å². The summed E-state index contributed by atoms with van der Waals surface area (Å²) in [7, 11) is 0. The van der Waals surface area contributed by atoms with Crippen molar-refractivity contribution in [1.82, 2.24) is 5.01 Å². The summed E-state index contributed by atoms with van der Waals surface area (Å²) < 4.78 is 5.70. The minimum Gasteiger partial charge on any atom is -0.455 e. The van der Waals surface area contributed by atoms with Gasteiger partial charge in [0.05, 0.1) is 23.0 Å². The van der Waals surface area contributed by atoms with Crippen molar-refractivity contribution in [2.75, 3.05) is 0 Å². The lowest BCUT2D eigenvalue weighted by atomic mass is 9.63. The van der Waals surface area contributed by atoms with Crippen molar-refractivity contribution in [2.45, 2.75) is 6.42 Å². The van der Waals surface area contributed by atoms with Gasteiger partial charge in [-0.25, -0.2) is 0 Å². The predicted octanol–water partition coefficient (Wildman–Crippen LogP) is 3.90. The normalized spacial score (nSPS) is 32.6. The smallest absolute Gasteiger partial charge is 0.288 e. The molecule has 156 valence electrons. The molecular formula is C22H16ClN3O5. The third kappa shape index (κ3) is 2.64. The van der Waals surface area contributed by atoms with Crippen molar-refractivity contribution in [3.05, 3.63) is 63.4 Å². The second-order valence-electron chi connectivity index (χ2n) is 8.51. The minimum absolute atomic E-state index is 0.0377. The summed E-state index contributed by atoms with van der Waals surface area (Å²) in [5, 5.41) is 16.3. The lowest BCUT2D eigenvalue weighted by molar-refractivity contribution is -0.384. The topological polar surface area (TPSA) is 106 Å². The molecule has 0 unspecified atom stereocenters. The largest absolute Gasteiger partial charge is 0.455 e. The van der Waals surface area contributed by atoms with Gasteiger partial charge in [0.1, 0.15) is 16.5 Å². The Morgan fingerprint density at radius 3 is 2.42 bits per heavy atom. The summed E-state index contributed by atoms with van der Waals surface area (Å²) in [6.45, 7) is 0. The first-order valence-electron chi connectivity index (χ1n) is 10.1. The van der Waals surface area contributed by atoms with E-state index in [4.69, 9.17) is 16.0 Å². The second kappa shape index (κ2) is 6.37. The zero-order valence-corrected chi connectivity index (χ0v) is 16.8. The number of amides is 2. The third-order valence-corrected chi connectivity index (χ3v) is 7.31. The molecule has 2 heterocycles. The van der Waals surface area contributed by atoms with Crippen LogP contribution in [0.4, 0.5) is 5.69 Å². The fourth-order valence-electron chi connectivity index (χ4n) is 5.55. The Labute approximate surface area is 181 Å². The van der Waals surface area contributed by atoms with Gasteiger partial charge in [-0.2, -0.15) is 10.1 Å². The number of allylic oxidation sites excluding steroid dienone is 2. The van der Waals surface area contributed by atoms with E-state index in [2.05, 4.69) is 17.3 Å². The molecule has 0 N–H and O–H groups in total. The Morgan fingerprint density at radius 2 is 1.77 bits per heavy atom. The molecule has 4 aliphatic carbocycles. The molecule has 8 nitrogen and oxygen atoms in total. The van der Waals surface area contributed by atoms with E-state index in [9.17, 15) is 19.7 Å². The highest BCUT2D eigenvalue weighted by atomic mass is 35.5. The molecule has 7 rings (SSSR count). The Bertz CT molecular complexity index is 1180. The highest BCUT2D eigenvalue weighted by molar-refractivity contribution is 6.32. The number of rotatable bonds is 4. The maximum atomic E-state index is 12.9. The highest BCUT2D eigenvalue weighted by Gasteiger charge is 2.67. The van der Waals surface area contributed by atoms with Crippen molar-refractivity contribution in [3.63, 3.8) is 0 Å². The molecule has 0 radical (unpaired) electrons. The molecular weight excluding hydrogens is 422 g/mol. The number of imide groups is 1. The van der Waals surface area contributed by atoms with Gasteiger partial charge < -0.3 is 4.42 Å². The lowest BCUT2D eigenvalue weighted by Gasteiger charge is -2.37. The zero-order chi connectivity index (χ0) is 21.4. The molecule has 1 aromatic heterocycles. The van der Waals surface area contributed by atoms with E-state index in [0.717, 1.165) is 11.4 Å². The molecule has 6 atom stereocenters. The van der Waals surface area contributed by atoms with Gasteiger partial charge in [0, 0.05) is 11.6 Å². The van der Waals surface area contributed by atoms with Crippen molar-refractivity contribution >= 4 is 35.3 Å². The van der Waals surface area contributed by atoms with Crippen molar-refractivity contribution in [2.24, 2.45) is 40.6 Å². The Hall–Kier alpha value is -3.26. The molecule has 1 aliphatic heterocycles. The first kappa shape index (κ1) is 18.5. The van der Waals surface area contributed by atoms with E-state index in [0.29, 0.717) is 28.9 Å². The molecule has 1 aromatic carbocycles. The van der Waals surface area contributed by atoms with Crippen LogP contribution in [0, 0.1) is 45.6 Å². The van der Waals surface area contributed by atoms with Crippen LogP contribution in [0.3, 0.4) is 0 Å². The summed E-state index contributed by atoms with van der Waals surface area (Å²) in [6.07, 6.45) is 6.67. The summed E-state index contributed by atoms with van der Waals surface area (Å²) in [6, 6.07) is 7.63. The number of hydrogen-bond acceptors (Lipinski definition) is 6. The fraction of sp³-hybridized carbons (Fsp3) is 0.318. The standard InChI is InChI=1S/C22H16ClN3O5/c23-16-5-1-10(7-17(16)26(29)30)18-6-2-11(31-18)9-24-25-21(27)19-12-3-4-13(15-8-14(12)15)20(19)22(25)28/h1-7,9,12-15,19-20H,8H2/b24-9-/t12-,13-,14-,15+,19-,20+/m0/s1. The van der Waals surface area contributed by atoms with E-state index in [1.807, 2.05) is 0 Å². The van der Waals surface area contributed by atoms with E-state index in [1.165, 1.54) is 18.3 Å². The summed E-state index contributed by atoms with van der Waals surface area (Å²) >= 11 is 5.85. The van der Waals surface area contributed by atoms with Crippen molar-refractivity contribution < 1.29 is 18.9 Å². The molecule has 2 aromatic rings. The average Bonchev–Trinajstić information content (AvgIpc) is 3.39. The van der Waals surface area contributed by atoms with E-state index < -0.39 is 4.92 Å². The molecule has 2 saturated carbocycles. The SMILES string of the molecule is O=C1[C@@H]2[C@H]3C=C[C@@H]([C@@H]4C[C@H]34)[C@@H]2C(=O)N1/N=C\c1ccc(-c2ccc(Cl)c([N+](=O)[O-])c2)o1. The van der Waals surface area contributed by atoms with E-state index in [-0.39, 0.29) is 46.2 Å².